The lowest BCUT2D eigenvalue weighted by atomic mass is 10.2. The molecule has 3 rings (SSSR count). The van der Waals surface area contributed by atoms with Crippen LogP contribution >= 0.6 is 11.8 Å². The molecule has 0 saturated carbocycles. The number of nitrogens with one attached hydrogen (secondary N) is 1. The Labute approximate surface area is 144 Å². The summed E-state index contributed by atoms with van der Waals surface area (Å²) < 4.78 is 12.6. The Balaban J connectivity index is 1.55. The highest BCUT2D eigenvalue weighted by atomic mass is 32.2. The van der Waals surface area contributed by atoms with Crippen LogP contribution in [0.3, 0.4) is 0 Å². The van der Waals surface area contributed by atoms with E-state index in [9.17, 15) is 4.79 Å². The van der Waals surface area contributed by atoms with Crippen LogP contribution in [0.1, 0.15) is 32.4 Å². The van der Waals surface area contributed by atoms with E-state index in [1.165, 1.54) is 11.8 Å². The first-order valence-corrected chi connectivity index (χ1v) is 8.65. The standard InChI is InChI=1S/C16H20N4O3S/c1-10(2)20-8-18-19-16(20)24-11(3)15(21)17-7-12-4-5-13-14(6-12)23-9-22-13/h4-6,8,10-11H,7,9H2,1-3H3,(H,17,21)/t11-/m1/s1. The van der Waals surface area contributed by atoms with Crippen LogP contribution < -0.4 is 14.8 Å². The monoisotopic (exact) mass is 348 g/mol. The molecule has 0 spiro atoms. The van der Waals surface area contributed by atoms with Gasteiger partial charge in [0.2, 0.25) is 12.7 Å². The zero-order chi connectivity index (χ0) is 17.1. The van der Waals surface area contributed by atoms with Gasteiger partial charge in [-0.05, 0) is 38.5 Å². The van der Waals surface area contributed by atoms with E-state index in [2.05, 4.69) is 29.4 Å². The second-order valence-corrected chi connectivity index (χ2v) is 7.09. The molecule has 24 heavy (non-hydrogen) atoms. The largest absolute Gasteiger partial charge is 0.454 e. The predicted octanol–water partition coefficient (Wildman–Crippen LogP) is 2.38. The Bertz CT molecular complexity index is 732. The zero-order valence-electron chi connectivity index (χ0n) is 13.9. The molecule has 1 aromatic carbocycles. The average molecular weight is 348 g/mol. The summed E-state index contributed by atoms with van der Waals surface area (Å²) in [5.41, 5.74) is 0.968. The Kier molecular flexibility index (Phi) is 4.94. The minimum Gasteiger partial charge on any atom is -0.454 e. The van der Waals surface area contributed by atoms with E-state index in [0.29, 0.717) is 12.3 Å². The smallest absolute Gasteiger partial charge is 0.233 e. The van der Waals surface area contributed by atoms with Crippen LogP contribution in [0.25, 0.3) is 0 Å². The van der Waals surface area contributed by atoms with Gasteiger partial charge >= 0.3 is 0 Å². The van der Waals surface area contributed by atoms with Gasteiger partial charge in [-0.25, -0.2) is 0 Å². The second kappa shape index (κ2) is 7.12. The minimum absolute atomic E-state index is 0.0454. The van der Waals surface area contributed by atoms with Gasteiger partial charge in [-0.1, -0.05) is 17.8 Å². The highest BCUT2D eigenvalue weighted by molar-refractivity contribution is 8.00. The van der Waals surface area contributed by atoms with Gasteiger partial charge in [0.1, 0.15) is 6.33 Å². The summed E-state index contributed by atoms with van der Waals surface area (Å²) in [7, 11) is 0. The molecule has 7 nitrogen and oxygen atoms in total. The lowest BCUT2D eigenvalue weighted by Gasteiger charge is -2.14. The molecule has 0 unspecified atom stereocenters. The van der Waals surface area contributed by atoms with E-state index in [0.717, 1.165) is 16.5 Å². The number of ether oxygens (including phenoxy) is 2. The summed E-state index contributed by atoms with van der Waals surface area (Å²) >= 11 is 1.40. The molecule has 0 fully saturated rings. The molecule has 8 heteroatoms. The number of hydrogen-bond acceptors (Lipinski definition) is 6. The summed E-state index contributed by atoms with van der Waals surface area (Å²) in [6.45, 7) is 6.65. The number of carbonyl (C=O) groups excluding carboxylic acids is 1. The molecule has 1 aliphatic heterocycles. The molecule has 1 aliphatic rings. The Morgan fingerprint density at radius 1 is 1.33 bits per heavy atom. The van der Waals surface area contributed by atoms with Crippen LogP contribution in [-0.2, 0) is 11.3 Å². The first kappa shape index (κ1) is 16.6. The van der Waals surface area contributed by atoms with Gasteiger partial charge in [0.15, 0.2) is 16.7 Å². The maximum atomic E-state index is 12.3. The number of hydrogen-bond donors (Lipinski definition) is 1. The first-order chi connectivity index (χ1) is 11.5. The van der Waals surface area contributed by atoms with E-state index in [1.54, 1.807) is 6.33 Å². The summed E-state index contributed by atoms with van der Waals surface area (Å²) in [5, 5.41) is 11.4. The van der Waals surface area contributed by atoms with Gasteiger partial charge in [0, 0.05) is 12.6 Å². The molecule has 0 saturated heterocycles. The number of rotatable bonds is 6. The highest BCUT2D eigenvalue weighted by Crippen LogP contribution is 2.32. The molecule has 1 aromatic heterocycles. The van der Waals surface area contributed by atoms with Crippen molar-refractivity contribution in [2.24, 2.45) is 0 Å². The third-order valence-electron chi connectivity index (χ3n) is 3.65. The summed E-state index contributed by atoms with van der Waals surface area (Å²) in [6.07, 6.45) is 1.68. The number of thioether (sulfide) groups is 1. The molecule has 2 aromatic rings. The molecule has 1 amide bonds. The van der Waals surface area contributed by atoms with Gasteiger partial charge in [-0.15, -0.1) is 10.2 Å². The van der Waals surface area contributed by atoms with Crippen molar-refractivity contribution in [3.05, 3.63) is 30.1 Å². The van der Waals surface area contributed by atoms with Crippen molar-refractivity contribution in [1.29, 1.82) is 0 Å². The number of amides is 1. The number of fused-ring (bicyclic) bond motifs is 1. The van der Waals surface area contributed by atoms with Gasteiger partial charge < -0.3 is 19.4 Å². The fraction of sp³-hybridized carbons (Fsp3) is 0.438. The number of aromatic nitrogens is 3. The number of carbonyl (C=O) groups is 1. The summed E-state index contributed by atoms with van der Waals surface area (Å²) in [4.78, 5) is 12.3. The van der Waals surface area contributed by atoms with Crippen molar-refractivity contribution in [3.8, 4) is 11.5 Å². The highest BCUT2D eigenvalue weighted by Gasteiger charge is 2.19. The van der Waals surface area contributed by atoms with Crippen molar-refractivity contribution < 1.29 is 14.3 Å². The predicted molar refractivity (Wildman–Crippen MR) is 90.1 cm³/mol. The molecule has 2 heterocycles. The fourth-order valence-corrected chi connectivity index (χ4v) is 3.25. The van der Waals surface area contributed by atoms with E-state index >= 15 is 0 Å². The SMILES string of the molecule is CC(C)n1cnnc1S[C@H](C)C(=O)NCc1ccc2c(c1)OCO2. The van der Waals surface area contributed by atoms with Crippen molar-refractivity contribution in [2.45, 2.75) is 43.8 Å². The minimum atomic E-state index is -0.263. The molecule has 0 aliphatic carbocycles. The van der Waals surface area contributed by atoms with Crippen molar-refractivity contribution in [1.82, 2.24) is 20.1 Å². The third kappa shape index (κ3) is 3.64. The fourth-order valence-electron chi connectivity index (χ4n) is 2.27. The van der Waals surface area contributed by atoms with Crippen LogP contribution in [0.2, 0.25) is 0 Å². The zero-order valence-corrected chi connectivity index (χ0v) is 14.7. The van der Waals surface area contributed by atoms with Crippen LogP contribution in [0.4, 0.5) is 0 Å². The van der Waals surface area contributed by atoms with E-state index < -0.39 is 0 Å². The van der Waals surface area contributed by atoms with Crippen molar-refractivity contribution in [3.63, 3.8) is 0 Å². The second-order valence-electron chi connectivity index (χ2n) is 5.78. The molecule has 0 bridgehead atoms. The maximum absolute atomic E-state index is 12.3. The maximum Gasteiger partial charge on any atom is 0.233 e. The number of nitrogens with zero attached hydrogens (tertiary/aromatic N) is 3. The molecule has 1 atom stereocenters. The molecule has 1 N–H and O–H groups in total. The average Bonchev–Trinajstić information content (AvgIpc) is 3.20. The quantitative estimate of drug-likeness (QED) is 0.808. The molecule has 128 valence electrons. The van der Waals surface area contributed by atoms with Crippen LogP contribution in [0, 0.1) is 0 Å². The van der Waals surface area contributed by atoms with E-state index in [-0.39, 0.29) is 24.0 Å². The van der Waals surface area contributed by atoms with Gasteiger partial charge in [-0.2, -0.15) is 0 Å². The Morgan fingerprint density at radius 3 is 2.92 bits per heavy atom. The molecule has 0 radical (unpaired) electrons. The van der Waals surface area contributed by atoms with Crippen LogP contribution in [0.5, 0.6) is 11.5 Å². The van der Waals surface area contributed by atoms with E-state index in [4.69, 9.17) is 9.47 Å². The van der Waals surface area contributed by atoms with Crippen LogP contribution in [-0.4, -0.2) is 32.7 Å². The summed E-state index contributed by atoms with van der Waals surface area (Å²) in [5.74, 6) is 1.41. The lowest BCUT2D eigenvalue weighted by Crippen LogP contribution is -2.30. The van der Waals surface area contributed by atoms with Gasteiger partial charge in [0.25, 0.3) is 0 Å². The Hall–Kier alpha value is -2.22. The van der Waals surface area contributed by atoms with Gasteiger partial charge in [-0.3, -0.25) is 4.79 Å². The molecular formula is C16H20N4O3S. The first-order valence-electron chi connectivity index (χ1n) is 7.77. The summed E-state index contributed by atoms with van der Waals surface area (Å²) in [6, 6.07) is 5.91. The van der Waals surface area contributed by atoms with Crippen LogP contribution in [0.15, 0.2) is 29.7 Å². The lowest BCUT2D eigenvalue weighted by molar-refractivity contribution is -0.120. The van der Waals surface area contributed by atoms with Gasteiger partial charge in [0.05, 0.1) is 5.25 Å². The molecular weight excluding hydrogens is 328 g/mol. The number of benzene rings is 1. The Morgan fingerprint density at radius 2 is 2.12 bits per heavy atom. The third-order valence-corrected chi connectivity index (χ3v) is 4.72. The van der Waals surface area contributed by atoms with Crippen molar-refractivity contribution >= 4 is 17.7 Å². The van der Waals surface area contributed by atoms with Crippen molar-refractivity contribution in [2.75, 3.05) is 6.79 Å². The van der Waals surface area contributed by atoms with E-state index in [1.807, 2.05) is 29.7 Å². The topological polar surface area (TPSA) is 78.3 Å². The normalized spacial score (nSPS) is 14.0.